The highest BCUT2D eigenvalue weighted by molar-refractivity contribution is 5.69. The van der Waals surface area contributed by atoms with Crippen molar-refractivity contribution in [2.24, 2.45) is 0 Å². The molecule has 1 N–H and O–H groups in total. The number of anilines is 1. The summed E-state index contributed by atoms with van der Waals surface area (Å²) < 4.78 is 6.18. The molecule has 0 aliphatic rings. The fraction of sp³-hybridized carbons (Fsp3) is 0.333. The van der Waals surface area contributed by atoms with Crippen LogP contribution in [0.5, 0.6) is 0 Å². The van der Waals surface area contributed by atoms with Crippen LogP contribution in [0.1, 0.15) is 12.8 Å². The van der Waals surface area contributed by atoms with Crippen LogP contribution in [0.25, 0.3) is 5.69 Å². The zero-order chi connectivity index (χ0) is 13.5. The Morgan fingerprint density at radius 1 is 1.37 bits per heavy atom. The van der Waals surface area contributed by atoms with Crippen LogP contribution in [0.4, 0.5) is 5.95 Å². The van der Waals surface area contributed by atoms with Gasteiger partial charge in [0.15, 0.2) is 0 Å². The Bertz CT molecular complexity index is 526. The van der Waals surface area contributed by atoms with Gasteiger partial charge in [0.1, 0.15) is 0 Å². The van der Waals surface area contributed by atoms with Crippen LogP contribution >= 0.6 is 0 Å². The number of hydrogen-bond acceptors (Lipinski definition) is 6. The third kappa shape index (κ3) is 3.51. The highest BCUT2D eigenvalue weighted by atomic mass is 16.5. The molecule has 7 nitrogen and oxygen atoms in total. The molecule has 1 heterocycles. The molecule has 0 aliphatic carbocycles. The number of tetrazole rings is 1. The van der Waals surface area contributed by atoms with Gasteiger partial charge in [0.25, 0.3) is 0 Å². The first kappa shape index (κ1) is 13.0. The van der Waals surface area contributed by atoms with Gasteiger partial charge in [-0.2, -0.15) is 4.68 Å². The van der Waals surface area contributed by atoms with Crippen LogP contribution in [0.3, 0.4) is 0 Å². The topological polar surface area (TPSA) is 81.9 Å². The second-order valence-electron chi connectivity index (χ2n) is 3.86. The van der Waals surface area contributed by atoms with Crippen molar-refractivity contribution in [1.82, 2.24) is 20.2 Å². The third-order valence-electron chi connectivity index (χ3n) is 2.54. The summed E-state index contributed by atoms with van der Waals surface area (Å²) in [5.74, 6) is 0.334. The fourth-order valence-corrected chi connectivity index (χ4v) is 1.58. The highest BCUT2D eigenvalue weighted by Crippen LogP contribution is 2.10. The normalized spacial score (nSPS) is 10.2. The molecule has 2 rings (SSSR count). The SMILES string of the molecule is COC(=O)CCCNc1nnnn1-c1ccccc1. The quantitative estimate of drug-likeness (QED) is 0.617. The number of carbonyl (C=O) groups excluding carboxylic acids is 1. The zero-order valence-corrected chi connectivity index (χ0v) is 10.6. The minimum atomic E-state index is -0.218. The van der Waals surface area contributed by atoms with Crippen molar-refractivity contribution < 1.29 is 9.53 Å². The molecule has 0 spiro atoms. The lowest BCUT2D eigenvalue weighted by atomic mass is 10.3. The molecule has 0 aliphatic heterocycles. The number of para-hydroxylation sites is 1. The van der Waals surface area contributed by atoms with E-state index in [4.69, 9.17) is 0 Å². The minimum Gasteiger partial charge on any atom is -0.469 e. The summed E-state index contributed by atoms with van der Waals surface area (Å²) in [5, 5.41) is 14.5. The molecule has 100 valence electrons. The minimum absolute atomic E-state index is 0.218. The van der Waals surface area contributed by atoms with Gasteiger partial charge in [-0.15, -0.1) is 0 Å². The number of nitrogens with one attached hydrogen (secondary N) is 1. The van der Waals surface area contributed by atoms with Crippen molar-refractivity contribution in [1.29, 1.82) is 0 Å². The van der Waals surface area contributed by atoms with E-state index < -0.39 is 0 Å². The van der Waals surface area contributed by atoms with Gasteiger partial charge in [0, 0.05) is 13.0 Å². The molecule has 0 bridgehead atoms. The van der Waals surface area contributed by atoms with Crippen LogP contribution in [-0.2, 0) is 9.53 Å². The summed E-state index contributed by atoms with van der Waals surface area (Å²) in [6, 6.07) is 9.58. The van der Waals surface area contributed by atoms with E-state index in [-0.39, 0.29) is 5.97 Å². The Balaban J connectivity index is 1.92. The van der Waals surface area contributed by atoms with Crippen molar-refractivity contribution in [2.75, 3.05) is 19.0 Å². The molecule has 0 radical (unpaired) electrons. The van der Waals surface area contributed by atoms with E-state index in [1.807, 2.05) is 30.3 Å². The Kier molecular flexibility index (Phi) is 4.44. The average Bonchev–Trinajstić information content (AvgIpc) is 2.92. The molecule has 0 saturated carbocycles. The van der Waals surface area contributed by atoms with E-state index in [0.717, 1.165) is 5.69 Å². The van der Waals surface area contributed by atoms with Gasteiger partial charge >= 0.3 is 5.97 Å². The van der Waals surface area contributed by atoms with Gasteiger partial charge in [-0.1, -0.05) is 23.3 Å². The smallest absolute Gasteiger partial charge is 0.305 e. The fourth-order valence-electron chi connectivity index (χ4n) is 1.58. The molecular weight excluding hydrogens is 246 g/mol. The second kappa shape index (κ2) is 6.48. The van der Waals surface area contributed by atoms with E-state index in [9.17, 15) is 4.79 Å². The second-order valence-corrected chi connectivity index (χ2v) is 3.86. The van der Waals surface area contributed by atoms with E-state index in [0.29, 0.717) is 25.3 Å². The zero-order valence-electron chi connectivity index (χ0n) is 10.6. The molecule has 0 saturated heterocycles. The van der Waals surface area contributed by atoms with Gasteiger partial charge in [-0.05, 0) is 29.0 Å². The van der Waals surface area contributed by atoms with Crippen molar-refractivity contribution in [3.05, 3.63) is 30.3 Å². The van der Waals surface area contributed by atoms with Crippen molar-refractivity contribution in [3.63, 3.8) is 0 Å². The number of benzene rings is 1. The van der Waals surface area contributed by atoms with Crippen molar-refractivity contribution in [2.45, 2.75) is 12.8 Å². The Labute approximate surface area is 110 Å². The summed E-state index contributed by atoms with van der Waals surface area (Å²) >= 11 is 0. The molecule has 0 unspecified atom stereocenters. The Hall–Kier alpha value is -2.44. The molecule has 7 heteroatoms. The lowest BCUT2D eigenvalue weighted by Gasteiger charge is -2.06. The van der Waals surface area contributed by atoms with Gasteiger partial charge in [0.05, 0.1) is 12.8 Å². The lowest BCUT2D eigenvalue weighted by molar-refractivity contribution is -0.140. The maximum absolute atomic E-state index is 11.0. The number of methoxy groups -OCH3 is 1. The van der Waals surface area contributed by atoms with Crippen LogP contribution < -0.4 is 5.32 Å². The van der Waals surface area contributed by atoms with Crippen LogP contribution in [-0.4, -0.2) is 39.8 Å². The highest BCUT2D eigenvalue weighted by Gasteiger charge is 2.07. The molecule has 0 fully saturated rings. The number of rotatable bonds is 6. The predicted octanol–water partition coefficient (Wildman–Crippen LogP) is 1.03. The van der Waals surface area contributed by atoms with Gasteiger partial charge in [-0.3, -0.25) is 4.79 Å². The number of esters is 1. The van der Waals surface area contributed by atoms with E-state index >= 15 is 0 Å². The Morgan fingerprint density at radius 3 is 2.89 bits per heavy atom. The standard InChI is InChI=1S/C12H15N5O2/c1-19-11(18)8-5-9-13-12-14-15-16-17(12)10-6-3-2-4-7-10/h2-4,6-7H,5,8-9H2,1H3,(H,13,14,16). The molecular formula is C12H15N5O2. The maximum atomic E-state index is 11.0. The predicted molar refractivity (Wildman–Crippen MR) is 68.9 cm³/mol. The number of ether oxygens (including phenoxy) is 1. The number of nitrogens with zero attached hydrogens (tertiary/aromatic N) is 4. The summed E-state index contributed by atoms with van der Waals surface area (Å²) in [7, 11) is 1.38. The van der Waals surface area contributed by atoms with Gasteiger partial charge in [0.2, 0.25) is 5.95 Å². The lowest BCUT2D eigenvalue weighted by Crippen LogP contribution is -2.10. The van der Waals surface area contributed by atoms with Crippen molar-refractivity contribution >= 4 is 11.9 Å². The summed E-state index contributed by atoms with van der Waals surface area (Å²) in [4.78, 5) is 11.0. The molecule has 2 aromatic rings. The number of aromatic nitrogens is 4. The summed E-state index contributed by atoms with van der Waals surface area (Å²) in [6.45, 7) is 0.600. The first-order valence-electron chi connectivity index (χ1n) is 5.96. The maximum Gasteiger partial charge on any atom is 0.305 e. The monoisotopic (exact) mass is 261 g/mol. The van der Waals surface area contributed by atoms with Gasteiger partial charge < -0.3 is 10.1 Å². The third-order valence-corrected chi connectivity index (χ3v) is 2.54. The average molecular weight is 261 g/mol. The largest absolute Gasteiger partial charge is 0.469 e. The molecule has 19 heavy (non-hydrogen) atoms. The molecule has 0 atom stereocenters. The molecule has 0 amide bonds. The van der Waals surface area contributed by atoms with E-state index in [1.54, 1.807) is 4.68 Å². The summed E-state index contributed by atoms with van der Waals surface area (Å²) in [5.41, 5.74) is 0.878. The molecule has 1 aromatic heterocycles. The van der Waals surface area contributed by atoms with Crippen molar-refractivity contribution in [3.8, 4) is 5.69 Å². The van der Waals surface area contributed by atoms with Crippen LogP contribution in [0.15, 0.2) is 30.3 Å². The summed E-state index contributed by atoms with van der Waals surface area (Å²) in [6.07, 6.45) is 1.03. The number of carbonyl (C=O) groups is 1. The van der Waals surface area contributed by atoms with Gasteiger partial charge in [-0.25, -0.2) is 0 Å². The first-order chi connectivity index (χ1) is 9.31. The Morgan fingerprint density at radius 2 is 2.16 bits per heavy atom. The van der Waals surface area contributed by atoms with E-state index in [2.05, 4.69) is 25.6 Å². The van der Waals surface area contributed by atoms with E-state index in [1.165, 1.54) is 7.11 Å². The first-order valence-corrected chi connectivity index (χ1v) is 5.96. The van der Waals surface area contributed by atoms with Crippen LogP contribution in [0, 0.1) is 0 Å². The van der Waals surface area contributed by atoms with Crippen LogP contribution in [0.2, 0.25) is 0 Å². The molecule has 1 aromatic carbocycles. The number of hydrogen-bond donors (Lipinski definition) is 1.